The fraction of sp³-hybridized carbons (Fsp3) is 0.182. The predicted molar refractivity (Wildman–Crippen MR) is 67.3 cm³/mol. The van der Waals surface area contributed by atoms with Gasteiger partial charge in [0.2, 0.25) is 0 Å². The van der Waals surface area contributed by atoms with Crippen LogP contribution in [0.15, 0.2) is 34.6 Å². The first kappa shape index (κ1) is 12.4. The third kappa shape index (κ3) is 2.45. The maximum atomic E-state index is 11.7. The third-order valence-corrected chi connectivity index (χ3v) is 3.41. The lowest BCUT2D eigenvalue weighted by Crippen LogP contribution is -2.04. The minimum atomic E-state index is -0.424. The molecule has 0 fully saturated rings. The zero-order valence-electron chi connectivity index (χ0n) is 9.95. The molecule has 2 aromatic rings. The zero-order chi connectivity index (χ0) is 13.1. The summed E-state index contributed by atoms with van der Waals surface area (Å²) < 4.78 is 6.50. The molecule has 0 aliphatic heterocycles. The highest BCUT2D eigenvalue weighted by molar-refractivity contribution is 7.99. The number of aromatic nitrogens is 3. The molecule has 0 aliphatic carbocycles. The van der Waals surface area contributed by atoms with E-state index < -0.39 is 5.97 Å². The van der Waals surface area contributed by atoms with Crippen molar-refractivity contribution in [1.29, 1.82) is 0 Å². The number of nitrogen functional groups attached to an aromatic ring is 1. The standard InChI is InChI=1S/C11H12N4O2S/c1-15-6-13-14-11(15)18-9-4-3-7(12)5-8(9)10(16)17-2/h3-6H,12H2,1-2H3. The summed E-state index contributed by atoms with van der Waals surface area (Å²) >= 11 is 1.33. The number of rotatable bonds is 3. The number of esters is 1. The molecule has 1 aromatic carbocycles. The lowest BCUT2D eigenvalue weighted by atomic mass is 10.2. The molecular weight excluding hydrogens is 252 g/mol. The Labute approximate surface area is 108 Å². The second-order valence-corrected chi connectivity index (χ2v) is 4.58. The number of hydrogen-bond acceptors (Lipinski definition) is 6. The number of nitrogens with zero attached hydrogens (tertiary/aromatic N) is 3. The van der Waals surface area contributed by atoms with Gasteiger partial charge in [0.25, 0.3) is 0 Å². The summed E-state index contributed by atoms with van der Waals surface area (Å²) in [6.07, 6.45) is 1.59. The molecule has 0 unspecified atom stereocenters. The Bertz CT molecular complexity index is 582. The number of methoxy groups -OCH3 is 1. The van der Waals surface area contributed by atoms with Crippen molar-refractivity contribution < 1.29 is 9.53 Å². The van der Waals surface area contributed by atoms with Crippen LogP contribution in [0.4, 0.5) is 5.69 Å². The number of carbonyl (C=O) groups excluding carboxylic acids is 1. The molecule has 2 N–H and O–H groups in total. The van der Waals surface area contributed by atoms with E-state index in [0.29, 0.717) is 16.4 Å². The van der Waals surface area contributed by atoms with Gasteiger partial charge in [-0.3, -0.25) is 0 Å². The van der Waals surface area contributed by atoms with Crippen LogP contribution in [0, 0.1) is 0 Å². The molecule has 0 amide bonds. The van der Waals surface area contributed by atoms with Crippen LogP contribution < -0.4 is 5.73 Å². The molecule has 0 aliphatic rings. The molecule has 0 atom stereocenters. The number of nitrogens with two attached hydrogens (primary N) is 1. The number of carbonyl (C=O) groups is 1. The molecule has 0 saturated carbocycles. The van der Waals surface area contributed by atoms with Crippen molar-refractivity contribution in [3.8, 4) is 0 Å². The van der Waals surface area contributed by atoms with Crippen LogP contribution in [0.1, 0.15) is 10.4 Å². The first-order valence-corrected chi connectivity index (χ1v) is 5.93. The van der Waals surface area contributed by atoms with Crippen molar-refractivity contribution in [3.05, 3.63) is 30.1 Å². The molecule has 2 rings (SSSR count). The highest BCUT2D eigenvalue weighted by Gasteiger charge is 2.15. The molecule has 0 saturated heterocycles. The van der Waals surface area contributed by atoms with Gasteiger partial charge in [0.15, 0.2) is 5.16 Å². The summed E-state index contributed by atoms with van der Waals surface area (Å²) in [4.78, 5) is 12.4. The Morgan fingerprint density at radius 2 is 2.28 bits per heavy atom. The fourth-order valence-corrected chi connectivity index (χ4v) is 2.23. The molecule has 0 bridgehead atoms. The average Bonchev–Trinajstić information content (AvgIpc) is 2.76. The van der Waals surface area contributed by atoms with Crippen molar-refractivity contribution >= 4 is 23.4 Å². The summed E-state index contributed by atoms with van der Waals surface area (Å²) in [7, 11) is 3.17. The summed E-state index contributed by atoms with van der Waals surface area (Å²) in [6.45, 7) is 0. The zero-order valence-corrected chi connectivity index (χ0v) is 10.8. The van der Waals surface area contributed by atoms with Crippen molar-refractivity contribution in [2.45, 2.75) is 10.1 Å². The van der Waals surface area contributed by atoms with E-state index in [2.05, 4.69) is 10.2 Å². The van der Waals surface area contributed by atoms with Crippen molar-refractivity contribution in [1.82, 2.24) is 14.8 Å². The minimum absolute atomic E-state index is 0.422. The first-order chi connectivity index (χ1) is 8.61. The quantitative estimate of drug-likeness (QED) is 0.665. The molecule has 6 nitrogen and oxygen atoms in total. The number of hydrogen-bond donors (Lipinski definition) is 1. The Morgan fingerprint density at radius 1 is 1.50 bits per heavy atom. The lowest BCUT2D eigenvalue weighted by Gasteiger charge is -2.07. The summed E-state index contributed by atoms with van der Waals surface area (Å²) in [5.41, 5.74) is 6.61. The normalized spacial score (nSPS) is 10.3. The monoisotopic (exact) mass is 264 g/mol. The number of ether oxygens (including phenoxy) is 1. The Morgan fingerprint density at radius 3 is 2.89 bits per heavy atom. The minimum Gasteiger partial charge on any atom is -0.465 e. The van der Waals surface area contributed by atoms with Gasteiger partial charge in [-0.15, -0.1) is 10.2 Å². The van der Waals surface area contributed by atoms with E-state index in [9.17, 15) is 4.79 Å². The number of benzene rings is 1. The van der Waals surface area contributed by atoms with E-state index in [0.717, 1.165) is 4.90 Å². The van der Waals surface area contributed by atoms with E-state index in [1.807, 2.05) is 7.05 Å². The van der Waals surface area contributed by atoms with Crippen LogP contribution >= 0.6 is 11.8 Å². The van der Waals surface area contributed by atoms with Crippen LogP contribution in [-0.4, -0.2) is 27.8 Å². The largest absolute Gasteiger partial charge is 0.465 e. The van der Waals surface area contributed by atoms with Crippen molar-refractivity contribution in [3.63, 3.8) is 0 Å². The van der Waals surface area contributed by atoms with E-state index in [4.69, 9.17) is 10.5 Å². The Balaban J connectivity index is 2.38. The van der Waals surface area contributed by atoms with Gasteiger partial charge in [-0.05, 0) is 30.0 Å². The van der Waals surface area contributed by atoms with Crippen LogP contribution in [-0.2, 0) is 11.8 Å². The molecular formula is C11H12N4O2S. The highest BCUT2D eigenvalue weighted by Crippen LogP contribution is 2.30. The number of aryl methyl sites for hydroxylation is 1. The molecule has 1 heterocycles. The SMILES string of the molecule is COC(=O)c1cc(N)ccc1Sc1nncn1C. The number of anilines is 1. The second-order valence-electron chi connectivity index (χ2n) is 3.57. The van der Waals surface area contributed by atoms with Crippen molar-refractivity contribution in [2.75, 3.05) is 12.8 Å². The third-order valence-electron chi connectivity index (χ3n) is 2.28. The van der Waals surface area contributed by atoms with Crippen LogP contribution in [0.3, 0.4) is 0 Å². The van der Waals surface area contributed by atoms with Gasteiger partial charge in [-0.2, -0.15) is 0 Å². The van der Waals surface area contributed by atoms with Gasteiger partial charge in [-0.25, -0.2) is 4.79 Å². The van der Waals surface area contributed by atoms with Gasteiger partial charge in [-0.1, -0.05) is 0 Å². The summed E-state index contributed by atoms with van der Waals surface area (Å²) in [6, 6.07) is 5.08. The van der Waals surface area contributed by atoms with E-state index in [1.54, 1.807) is 29.1 Å². The molecule has 1 aromatic heterocycles. The van der Waals surface area contributed by atoms with Gasteiger partial charge in [0.1, 0.15) is 6.33 Å². The van der Waals surface area contributed by atoms with Crippen LogP contribution in [0.2, 0.25) is 0 Å². The molecule has 0 radical (unpaired) electrons. The molecule has 7 heteroatoms. The maximum Gasteiger partial charge on any atom is 0.339 e. The summed E-state index contributed by atoms with van der Waals surface area (Å²) in [5.74, 6) is -0.424. The molecule has 94 valence electrons. The van der Waals surface area contributed by atoms with Gasteiger partial charge in [0.05, 0.1) is 12.7 Å². The van der Waals surface area contributed by atoms with E-state index in [1.165, 1.54) is 18.9 Å². The van der Waals surface area contributed by atoms with Gasteiger partial charge >= 0.3 is 5.97 Å². The Kier molecular flexibility index (Phi) is 3.52. The lowest BCUT2D eigenvalue weighted by molar-refractivity contribution is 0.0597. The molecule has 0 spiro atoms. The van der Waals surface area contributed by atoms with Crippen LogP contribution in [0.25, 0.3) is 0 Å². The topological polar surface area (TPSA) is 83.0 Å². The van der Waals surface area contributed by atoms with Gasteiger partial charge in [0, 0.05) is 17.6 Å². The maximum absolute atomic E-state index is 11.7. The second kappa shape index (κ2) is 5.09. The predicted octanol–water partition coefficient (Wildman–Crippen LogP) is 1.34. The molecule has 18 heavy (non-hydrogen) atoms. The van der Waals surface area contributed by atoms with E-state index >= 15 is 0 Å². The first-order valence-electron chi connectivity index (χ1n) is 5.11. The van der Waals surface area contributed by atoms with E-state index in [-0.39, 0.29) is 0 Å². The van der Waals surface area contributed by atoms with Gasteiger partial charge < -0.3 is 15.0 Å². The van der Waals surface area contributed by atoms with Crippen molar-refractivity contribution in [2.24, 2.45) is 7.05 Å². The smallest absolute Gasteiger partial charge is 0.339 e. The average molecular weight is 264 g/mol. The van der Waals surface area contributed by atoms with Crippen LogP contribution in [0.5, 0.6) is 0 Å². The summed E-state index contributed by atoms with van der Waals surface area (Å²) in [5, 5.41) is 8.42. The fourth-order valence-electron chi connectivity index (χ4n) is 1.37. The Hall–Kier alpha value is -2.02. The highest BCUT2D eigenvalue weighted by atomic mass is 32.2.